The molecule has 0 bridgehead atoms. The van der Waals surface area contributed by atoms with E-state index >= 15 is 0 Å². The number of ether oxygens (including phenoxy) is 1. The Balaban J connectivity index is 1.62. The van der Waals surface area contributed by atoms with Crippen LogP contribution in [0.15, 0.2) is 48.5 Å². The number of nitrogens with zero attached hydrogens (tertiary/aromatic N) is 1. The summed E-state index contributed by atoms with van der Waals surface area (Å²) in [5.74, 6) is 0.893. The van der Waals surface area contributed by atoms with Crippen molar-refractivity contribution in [2.75, 3.05) is 28.7 Å². The highest BCUT2D eigenvalue weighted by atomic mass is 16.5. The largest absolute Gasteiger partial charge is 0.494 e. The lowest BCUT2D eigenvalue weighted by atomic mass is 10.1. The number of carbonyl (C=O) groups excluding carboxylic acids is 2. The van der Waals surface area contributed by atoms with Gasteiger partial charge in [-0.15, -0.1) is 0 Å². The highest BCUT2D eigenvalue weighted by Gasteiger charge is 2.19. The Bertz CT molecular complexity index is 774. The van der Waals surface area contributed by atoms with Crippen molar-refractivity contribution in [3.05, 3.63) is 48.5 Å². The molecular weight excluding hydrogens is 330 g/mol. The van der Waals surface area contributed by atoms with Crippen molar-refractivity contribution < 1.29 is 14.3 Å². The van der Waals surface area contributed by atoms with E-state index in [-0.39, 0.29) is 11.9 Å². The van der Waals surface area contributed by atoms with Crippen LogP contribution in [0.1, 0.15) is 26.2 Å². The van der Waals surface area contributed by atoms with Crippen LogP contribution in [0.25, 0.3) is 0 Å². The van der Waals surface area contributed by atoms with Crippen molar-refractivity contribution in [2.45, 2.75) is 26.2 Å². The van der Waals surface area contributed by atoms with E-state index in [9.17, 15) is 9.59 Å². The number of nitrogens with one attached hydrogen (secondary N) is 2. The number of benzene rings is 2. The minimum Gasteiger partial charge on any atom is -0.494 e. The molecule has 0 saturated carbocycles. The van der Waals surface area contributed by atoms with Crippen molar-refractivity contribution in [2.24, 2.45) is 0 Å². The normalized spacial score (nSPS) is 14.0. The van der Waals surface area contributed by atoms with Gasteiger partial charge in [0.25, 0.3) is 0 Å². The first-order chi connectivity index (χ1) is 12.7. The molecule has 2 aromatic carbocycles. The molecular formula is C20H23N3O3. The van der Waals surface area contributed by atoms with Crippen LogP contribution in [-0.2, 0) is 4.79 Å². The van der Waals surface area contributed by atoms with Crippen LogP contribution in [0.3, 0.4) is 0 Å². The molecule has 1 saturated heterocycles. The molecule has 3 rings (SSSR count). The SMILES string of the molecule is CCOc1ccc(NC(=O)Nc2cccc(N3CCCCC3=O)c2)cc1. The third-order valence-electron chi connectivity index (χ3n) is 4.16. The molecule has 0 aromatic heterocycles. The zero-order chi connectivity index (χ0) is 18.4. The van der Waals surface area contributed by atoms with Crippen molar-refractivity contribution in [3.8, 4) is 5.75 Å². The van der Waals surface area contributed by atoms with Gasteiger partial charge in [0.05, 0.1) is 6.61 Å². The quantitative estimate of drug-likeness (QED) is 0.844. The molecule has 2 aromatic rings. The van der Waals surface area contributed by atoms with Gasteiger partial charge in [-0.1, -0.05) is 6.07 Å². The summed E-state index contributed by atoms with van der Waals surface area (Å²) in [6.07, 6.45) is 2.52. The Kier molecular flexibility index (Phi) is 5.73. The molecule has 26 heavy (non-hydrogen) atoms. The van der Waals surface area contributed by atoms with Gasteiger partial charge >= 0.3 is 6.03 Å². The van der Waals surface area contributed by atoms with Crippen LogP contribution in [-0.4, -0.2) is 25.1 Å². The highest BCUT2D eigenvalue weighted by Crippen LogP contribution is 2.24. The first kappa shape index (κ1) is 17.8. The third-order valence-corrected chi connectivity index (χ3v) is 4.16. The summed E-state index contributed by atoms with van der Waals surface area (Å²) < 4.78 is 5.38. The van der Waals surface area contributed by atoms with Gasteiger partial charge in [0.1, 0.15) is 5.75 Å². The van der Waals surface area contributed by atoms with Gasteiger partial charge in [-0.3, -0.25) is 4.79 Å². The molecule has 0 unspecified atom stereocenters. The van der Waals surface area contributed by atoms with Crippen molar-refractivity contribution in [3.63, 3.8) is 0 Å². The van der Waals surface area contributed by atoms with Crippen LogP contribution >= 0.6 is 0 Å². The van der Waals surface area contributed by atoms with E-state index in [1.54, 1.807) is 23.1 Å². The fourth-order valence-corrected chi connectivity index (χ4v) is 2.93. The Labute approximate surface area is 153 Å². The zero-order valence-electron chi connectivity index (χ0n) is 14.8. The van der Waals surface area contributed by atoms with Crippen LogP contribution in [0.2, 0.25) is 0 Å². The van der Waals surface area contributed by atoms with Crippen LogP contribution in [0.5, 0.6) is 5.75 Å². The first-order valence-electron chi connectivity index (χ1n) is 8.87. The number of hydrogen-bond donors (Lipinski definition) is 2. The van der Waals surface area contributed by atoms with Gasteiger partial charge in [-0.05, 0) is 62.2 Å². The lowest BCUT2D eigenvalue weighted by Gasteiger charge is -2.27. The fraction of sp³-hybridized carbons (Fsp3) is 0.300. The van der Waals surface area contributed by atoms with E-state index in [4.69, 9.17) is 4.74 Å². The lowest BCUT2D eigenvalue weighted by Crippen LogP contribution is -2.35. The van der Waals surface area contributed by atoms with Gasteiger partial charge in [0.2, 0.25) is 5.91 Å². The fourth-order valence-electron chi connectivity index (χ4n) is 2.93. The van der Waals surface area contributed by atoms with E-state index in [0.717, 1.165) is 30.8 Å². The number of anilines is 3. The minimum absolute atomic E-state index is 0.132. The van der Waals surface area contributed by atoms with Crippen LogP contribution < -0.4 is 20.3 Å². The monoisotopic (exact) mass is 353 g/mol. The van der Waals surface area contributed by atoms with Gasteiger partial charge in [0.15, 0.2) is 0 Å². The van der Waals surface area contributed by atoms with Crippen molar-refractivity contribution >= 4 is 29.0 Å². The number of urea groups is 1. The summed E-state index contributed by atoms with van der Waals surface area (Å²) in [5.41, 5.74) is 2.13. The number of hydrogen-bond acceptors (Lipinski definition) is 3. The molecule has 6 heteroatoms. The smallest absolute Gasteiger partial charge is 0.323 e. The minimum atomic E-state index is -0.337. The maximum atomic E-state index is 12.2. The average Bonchev–Trinajstić information content (AvgIpc) is 2.64. The first-order valence-corrected chi connectivity index (χ1v) is 8.87. The number of rotatable bonds is 5. The molecule has 3 amide bonds. The number of piperidine rings is 1. The topological polar surface area (TPSA) is 70.7 Å². The maximum absolute atomic E-state index is 12.2. The summed E-state index contributed by atoms with van der Waals surface area (Å²) >= 11 is 0. The van der Waals surface area contributed by atoms with E-state index < -0.39 is 0 Å². The Morgan fingerprint density at radius 2 is 1.85 bits per heavy atom. The predicted molar refractivity (Wildman–Crippen MR) is 103 cm³/mol. The molecule has 6 nitrogen and oxygen atoms in total. The van der Waals surface area contributed by atoms with Gasteiger partial charge in [0, 0.05) is 30.0 Å². The van der Waals surface area contributed by atoms with Gasteiger partial charge < -0.3 is 20.3 Å². The third kappa shape index (κ3) is 4.53. The molecule has 1 aliphatic heterocycles. The molecule has 0 aliphatic carbocycles. The van der Waals surface area contributed by atoms with Crippen LogP contribution in [0.4, 0.5) is 21.9 Å². The van der Waals surface area contributed by atoms with E-state index in [2.05, 4.69) is 10.6 Å². The molecule has 2 N–H and O–H groups in total. The standard InChI is InChI=1S/C20H23N3O3/c1-2-26-18-11-9-15(10-12-18)21-20(25)22-16-6-5-7-17(14-16)23-13-4-3-8-19(23)24/h5-7,9-12,14H,2-4,8,13H2,1H3,(H2,21,22,25). The van der Waals surface area contributed by atoms with Crippen molar-refractivity contribution in [1.82, 2.24) is 0 Å². The van der Waals surface area contributed by atoms with Gasteiger partial charge in [-0.2, -0.15) is 0 Å². The lowest BCUT2D eigenvalue weighted by molar-refractivity contribution is -0.119. The molecule has 0 spiro atoms. The zero-order valence-corrected chi connectivity index (χ0v) is 14.8. The summed E-state index contributed by atoms with van der Waals surface area (Å²) in [6, 6.07) is 14.2. The van der Waals surface area contributed by atoms with E-state index in [0.29, 0.717) is 24.4 Å². The van der Waals surface area contributed by atoms with Crippen LogP contribution in [0, 0.1) is 0 Å². The van der Waals surface area contributed by atoms with E-state index in [1.165, 1.54) is 0 Å². The molecule has 1 aliphatic rings. The summed E-state index contributed by atoms with van der Waals surface area (Å²) in [5, 5.41) is 5.59. The van der Waals surface area contributed by atoms with E-state index in [1.807, 2.05) is 37.3 Å². The molecule has 0 atom stereocenters. The summed E-state index contributed by atoms with van der Waals surface area (Å²) in [7, 11) is 0. The Morgan fingerprint density at radius 1 is 1.08 bits per heavy atom. The second kappa shape index (κ2) is 8.38. The maximum Gasteiger partial charge on any atom is 0.323 e. The second-order valence-electron chi connectivity index (χ2n) is 6.09. The molecule has 136 valence electrons. The summed E-state index contributed by atoms with van der Waals surface area (Å²) in [4.78, 5) is 26.0. The van der Waals surface area contributed by atoms with Gasteiger partial charge in [-0.25, -0.2) is 4.79 Å². The second-order valence-corrected chi connectivity index (χ2v) is 6.09. The Morgan fingerprint density at radius 3 is 2.58 bits per heavy atom. The van der Waals surface area contributed by atoms with Crippen molar-refractivity contribution in [1.29, 1.82) is 0 Å². The predicted octanol–water partition coefficient (Wildman–Crippen LogP) is 4.25. The molecule has 1 heterocycles. The Hall–Kier alpha value is -3.02. The summed E-state index contributed by atoms with van der Waals surface area (Å²) in [6.45, 7) is 3.25. The highest BCUT2D eigenvalue weighted by molar-refractivity contribution is 6.00. The number of carbonyl (C=O) groups is 2. The number of amides is 3. The molecule has 0 radical (unpaired) electrons. The average molecular weight is 353 g/mol. The molecule has 1 fully saturated rings.